The molecule has 2 aliphatic heterocycles. The fraction of sp³-hybridized carbons (Fsp3) is 1.00. The highest BCUT2D eigenvalue weighted by Gasteiger charge is 2.54. The molecular weight excluding hydrogens is 198 g/mol. The predicted octanol–water partition coefficient (Wildman–Crippen LogP) is -1.24. The van der Waals surface area contributed by atoms with Gasteiger partial charge in [-0.05, 0) is 0 Å². The van der Waals surface area contributed by atoms with Gasteiger partial charge in [0.1, 0.15) is 26.2 Å². The van der Waals surface area contributed by atoms with Gasteiger partial charge in [0.15, 0.2) is 0 Å². The number of aliphatic hydroxyl groups is 1. The summed E-state index contributed by atoms with van der Waals surface area (Å²) in [5.41, 5.74) is 0. The van der Waals surface area contributed by atoms with Crippen LogP contribution in [0.15, 0.2) is 0 Å². The Morgan fingerprint density at radius 3 is 2.62 bits per heavy atom. The Balaban J connectivity index is 2.17. The maximum atomic E-state index is 11.0. The molecule has 2 rings (SSSR count). The van der Waals surface area contributed by atoms with Crippen LogP contribution < -0.4 is 0 Å². The van der Waals surface area contributed by atoms with E-state index in [9.17, 15) is 4.57 Å². The van der Waals surface area contributed by atoms with Gasteiger partial charge in [0.05, 0.1) is 6.61 Å². The third-order valence-corrected chi connectivity index (χ3v) is 3.06. The van der Waals surface area contributed by atoms with Gasteiger partial charge < -0.3 is 14.7 Å². The second kappa shape index (κ2) is 3.05. The first kappa shape index (κ1) is 9.64. The van der Waals surface area contributed by atoms with E-state index in [1.807, 2.05) is 0 Å². The highest BCUT2D eigenvalue weighted by Crippen LogP contribution is 2.56. The molecule has 2 saturated heterocycles. The summed E-state index contributed by atoms with van der Waals surface area (Å²) in [7, 11) is 1.46. The topological polar surface area (TPSA) is 85.2 Å². The van der Waals surface area contributed by atoms with Crippen LogP contribution in [0.1, 0.15) is 0 Å². The second-order valence-electron chi connectivity index (χ2n) is 2.93. The Labute approximate surface area is 75.8 Å². The van der Waals surface area contributed by atoms with Crippen LogP contribution >= 0.6 is 7.82 Å². The molecule has 2 radical (unpaired) electrons. The summed E-state index contributed by atoms with van der Waals surface area (Å²) in [6.07, 6.45) is -2.22. The van der Waals surface area contributed by atoms with Crippen LogP contribution in [0, 0.1) is 0 Å². The molecule has 0 aliphatic carbocycles. The summed E-state index contributed by atoms with van der Waals surface area (Å²) in [4.78, 5) is 8.95. The maximum absolute atomic E-state index is 11.0. The van der Waals surface area contributed by atoms with Gasteiger partial charge in [-0.1, -0.05) is 0 Å². The minimum Gasteiger partial charge on any atom is -0.394 e. The van der Waals surface area contributed by atoms with Gasteiger partial charge in [-0.25, -0.2) is 4.57 Å². The van der Waals surface area contributed by atoms with Gasteiger partial charge in [-0.2, -0.15) is 0 Å². The smallest absolute Gasteiger partial charge is 0.394 e. The molecule has 0 aromatic heterocycles. The summed E-state index contributed by atoms with van der Waals surface area (Å²) < 4.78 is 25.3. The molecule has 2 aliphatic rings. The van der Waals surface area contributed by atoms with Crippen LogP contribution in [0.2, 0.25) is 0 Å². The number of fused-ring (bicyclic) bond motifs is 1. The zero-order valence-corrected chi connectivity index (χ0v) is 7.46. The molecule has 72 valence electrons. The fourth-order valence-corrected chi connectivity index (χ4v) is 2.64. The third kappa shape index (κ3) is 1.56. The normalized spacial score (nSPS) is 55.2. The molecule has 2 N–H and O–H groups in total. The van der Waals surface area contributed by atoms with Crippen LogP contribution in [-0.2, 0) is 18.3 Å². The van der Waals surface area contributed by atoms with Crippen molar-refractivity contribution in [3.63, 3.8) is 0 Å². The van der Waals surface area contributed by atoms with E-state index in [4.69, 9.17) is 22.6 Å². The summed E-state index contributed by atoms with van der Waals surface area (Å²) in [6.45, 7) is -0.321. The van der Waals surface area contributed by atoms with Gasteiger partial charge in [-0.15, -0.1) is 0 Å². The molecule has 0 spiro atoms. The van der Waals surface area contributed by atoms with E-state index < -0.39 is 32.1 Å². The largest absolute Gasteiger partial charge is 0.473 e. The number of hydrogen-bond acceptors (Lipinski definition) is 5. The average Bonchev–Trinajstić information content (AvgIpc) is 2.47. The van der Waals surface area contributed by atoms with Crippen molar-refractivity contribution < 1.29 is 28.3 Å². The van der Waals surface area contributed by atoms with E-state index in [0.29, 0.717) is 0 Å². The summed E-state index contributed by atoms with van der Waals surface area (Å²) in [6, 6.07) is -0.829. The quantitative estimate of drug-likeness (QED) is 0.412. The van der Waals surface area contributed by atoms with Gasteiger partial charge >= 0.3 is 7.82 Å². The Morgan fingerprint density at radius 2 is 2.00 bits per heavy atom. The van der Waals surface area contributed by atoms with Crippen LogP contribution in [-0.4, -0.2) is 48.8 Å². The first-order valence-electron chi connectivity index (χ1n) is 3.75. The lowest BCUT2D eigenvalue weighted by atomic mass is 9.93. The van der Waals surface area contributed by atoms with Crippen molar-refractivity contribution in [3.8, 4) is 0 Å². The van der Waals surface area contributed by atoms with Gasteiger partial charge in [0.2, 0.25) is 0 Å². The van der Waals surface area contributed by atoms with E-state index in [0.717, 1.165) is 0 Å². The van der Waals surface area contributed by atoms with E-state index in [-0.39, 0.29) is 6.61 Å². The van der Waals surface area contributed by atoms with E-state index in [1.54, 1.807) is 0 Å². The highest BCUT2D eigenvalue weighted by molar-refractivity contribution is 7.47. The van der Waals surface area contributed by atoms with Crippen molar-refractivity contribution in [2.24, 2.45) is 0 Å². The van der Waals surface area contributed by atoms with Crippen molar-refractivity contribution in [2.45, 2.75) is 24.3 Å². The minimum absolute atomic E-state index is 0.321. The van der Waals surface area contributed by atoms with Crippen molar-refractivity contribution in [1.82, 2.24) is 0 Å². The van der Waals surface area contributed by atoms with E-state index >= 15 is 0 Å². The fourth-order valence-electron chi connectivity index (χ4n) is 1.48. The minimum atomic E-state index is -3.98. The van der Waals surface area contributed by atoms with Gasteiger partial charge in [-0.3, -0.25) is 9.05 Å². The first-order chi connectivity index (χ1) is 6.03. The number of hydrogen-bond donors (Lipinski definition) is 2. The maximum Gasteiger partial charge on any atom is 0.473 e. The molecule has 0 aromatic rings. The monoisotopic (exact) mass is 206 g/mol. The van der Waals surface area contributed by atoms with E-state index in [2.05, 4.69) is 9.05 Å². The van der Waals surface area contributed by atoms with Crippen molar-refractivity contribution in [1.29, 1.82) is 0 Å². The number of phosphoric ester groups is 1. The number of aliphatic hydroxyl groups excluding tert-OH is 1. The molecule has 0 aromatic carbocycles. The molecule has 2 heterocycles. The van der Waals surface area contributed by atoms with Crippen molar-refractivity contribution in [2.75, 3.05) is 6.61 Å². The second-order valence-corrected chi connectivity index (χ2v) is 4.29. The van der Waals surface area contributed by atoms with Gasteiger partial charge in [0, 0.05) is 6.00 Å². The number of phosphoric acid groups is 1. The first-order valence-corrected chi connectivity index (χ1v) is 5.24. The predicted molar refractivity (Wildman–Crippen MR) is 41.1 cm³/mol. The summed E-state index contributed by atoms with van der Waals surface area (Å²) in [5.74, 6) is 0. The van der Waals surface area contributed by atoms with Gasteiger partial charge in [0.25, 0.3) is 0 Å². The van der Waals surface area contributed by atoms with Crippen molar-refractivity contribution in [3.05, 3.63) is 0 Å². The molecule has 5 atom stereocenters. The number of rotatable bonds is 1. The summed E-state index contributed by atoms with van der Waals surface area (Å²) in [5, 5.41) is 8.81. The molecule has 0 amide bonds. The third-order valence-electron chi connectivity index (χ3n) is 2.04. The van der Waals surface area contributed by atoms with E-state index in [1.165, 1.54) is 0 Å². The zero-order valence-electron chi connectivity index (χ0n) is 6.57. The molecule has 8 heteroatoms. The Hall–Kier alpha value is 0.0949. The van der Waals surface area contributed by atoms with Crippen LogP contribution in [0.25, 0.3) is 0 Å². The molecule has 13 heavy (non-hydrogen) atoms. The lowest BCUT2D eigenvalue weighted by molar-refractivity contribution is -0.00316. The highest BCUT2D eigenvalue weighted by atomic mass is 31.2. The Morgan fingerprint density at radius 1 is 1.38 bits per heavy atom. The molecule has 0 bridgehead atoms. The Kier molecular flexibility index (Phi) is 2.26. The molecule has 2 fully saturated rings. The molecular formula is C5H8BO6P. The molecule has 6 nitrogen and oxygen atoms in total. The Bertz CT molecular complexity index is 259. The molecule has 0 saturated carbocycles. The van der Waals surface area contributed by atoms with Crippen LogP contribution in [0.5, 0.6) is 0 Å². The number of ether oxygens (including phenoxy) is 1. The zero-order chi connectivity index (χ0) is 9.64. The van der Waals surface area contributed by atoms with Crippen molar-refractivity contribution >= 4 is 15.7 Å². The van der Waals surface area contributed by atoms with Crippen LogP contribution in [0.4, 0.5) is 0 Å². The lowest BCUT2D eigenvalue weighted by Gasteiger charge is -2.13. The SMILES string of the molecule is [B]C1O[C@H](CO)C2OP(=O)(O)OC12. The van der Waals surface area contributed by atoms with Crippen LogP contribution in [0.3, 0.4) is 0 Å². The lowest BCUT2D eigenvalue weighted by Crippen LogP contribution is -2.31. The summed E-state index contributed by atoms with van der Waals surface area (Å²) >= 11 is 0. The average molecular weight is 206 g/mol. The molecule has 4 unspecified atom stereocenters. The standard InChI is InChI=1S/C5H8BO6P/c6-5-4-3(2(1-7)10-5)11-13(8,9)12-4/h2-5,7H,1H2,(H,8,9)/t2-,3?,4?,5?/m1/s1.